The number of methoxy groups -OCH3 is 1. The Morgan fingerprint density at radius 3 is 2.37 bits per heavy atom. The molecule has 1 heterocycles. The summed E-state index contributed by atoms with van der Waals surface area (Å²) in [5, 5.41) is 4.27. The van der Waals surface area contributed by atoms with Crippen LogP contribution < -0.4 is 11.1 Å². The smallest absolute Gasteiger partial charge is 0.337 e. The van der Waals surface area contributed by atoms with Crippen LogP contribution in [0.25, 0.3) is 5.57 Å². The van der Waals surface area contributed by atoms with Crippen molar-refractivity contribution in [1.29, 1.82) is 0 Å². The molecule has 0 amide bonds. The number of nitrogens with two attached hydrogens (primary N) is 1. The SMILES string of the molecule is COC(=O)c1ccc(C2=CC[C@]3(C)[C@H]4CC[C@@H]5[C@H]6[C@H](C(C)N)CC[C@]6(NCCN6CC[S+]([O-])CC6)CC[C@@]5(C)[C@]4(C)CC[C@H]3C2(C)C)cc1. The first-order valence-corrected chi connectivity index (χ1v) is 21.2. The van der Waals surface area contributed by atoms with Gasteiger partial charge in [0.25, 0.3) is 0 Å². The quantitative estimate of drug-likeness (QED) is 0.231. The first-order chi connectivity index (χ1) is 23.2. The molecule has 0 radical (unpaired) electrons. The van der Waals surface area contributed by atoms with Gasteiger partial charge in [-0.25, -0.2) is 4.79 Å². The summed E-state index contributed by atoms with van der Waals surface area (Å²) in [4.78, 5) is 14.7. The van der Waals surface area contributed by atoms with Gasteiger partial charge in [0.1, 0.15) is 11.5 Å². The maximum atomic E-state index is 12.1. The highest BCUT2D eigenvalue weighted by Gasteiger charge is 2.70. The lowest BCUT2D eigenvalue weighted by Gasteiger charge is -2.72. The number of nitrogens with zero attached hydrogens (tertiary/aromatic N) is 1. The highest BCUT2D eigenvalue weighted by Crippen LogP contribution is 2.76. The number of fused-ring (bicyclic) bond motifs is 7. The molecule has 5 aliphatic carbocycles. The summed E-state index contributed by atoms with van der Waals surface area (Å²) < 4.78 is 16.9. The highest BCUT2D eigenvalue weighted by atomic mass is 32.2. The first kappa shape index (κ1) is 36.0. The van der Waals surface area contributed by atoms with Crippen molar-refractivity contribution in [2.45, 2.75) is 111 Å². The van der Waals surface area contributed by atoms with Crippen LogP contribution in [0, 0.1) is 51.2 Å². The van der Waals surface area contributed by atoms with Gasteiger partial charge in [0.05, 0.1) is 12.7 Å². The van der Waals surface area contributed by atoms with Crippen molar-refractivity contribution in [3.05, 3.63) is 41.5 Å². The molecule has 1 unspecified atom stereocenters. The van der Waals surface area contributed by atoms with Gasteiger partial charge >= 0.3 is 5.97 Å². The molecule has 272 valence electrons. The van der Waals surface area contributed by atoms with Crippen molar-refractivity contribution in [2.24, 2.45) is 57.0 Å². The van der Waals surface area contributed by atoms with Crippen LogP contribution in [0.1, 0.15) is 115 Å². The second kappa shape index (κ2) is 12.9. The maximum absolute atomic E-state index is 12.1. The van der Waals surface area contributed by atoms with Gasteiger partial charge in [-0.05, 0) is 139 Å². The van der Waals surface area contributed by atoms with Gasteiger partial charge in [-0.15, -0.1) is 0 Å². The number of hydrogen-bond donors (Lipinski definition) is 2. The lowest BCUT2D eigenvalue weighted by atomic mass is 9.33. The number of nitrogens with one attached hydrogen (secondary N) is 1. The van der Waals surface area contributed by atoms with Gasteiger partial charge in [0.2, 0.25) is 0 Å². The lowest BCUT2D eigenvalue weighted by molar-refractivity contribution is -0.220. The van der Waals surface area contributed by atoms with E-state index in [0.29, 0.717) is 46.0 Å². The molecule has 0 spiro atoms. The molecule has 10 atom stereocenters. The largest absolute Gasteiger partial charge is 0.616 e. The number of allylic oxidation sites excluding steroid dienone is 2. The minimum absolute atomic E-state index is 0.0550. The van der Waals surface area contributed by atoms with Crippen LogP contribution in [0.5, 0.6) is 0 Å². The molecule has 1 aromatic rings. The maximum Gasteiger partial charge on any atom is 0.337 e. The Morgan fingerprint density at radius 2 is 1.69 bits per heavy atom. The van der Waals surface area contributed by atoms with Crippen LogP contribution in [0.15, 0.2) is 30.3 Å². The number of hydrogen-bond acceptors (Lipinski definition) is 6. The third kappa shape index (κ3) is 5.61. The second-order valence-corrected chi connectivity index (χ2v) is 20.3. The molecule has 6 nitrogen and oxygen atoms in total. The van der Waals surface area contributed by atoms with Crippen molar-refractivity contribution in [1.82, 2.24) is 10.2 Å². The number of rotatable bonds is 7. The van der Waals surface area contributed by atoms with Gasteiger partial charge in [-0.1, -0.05) is 64.0 Å². The molecule has 3 N–H and O–H groups in total. The van der Waals surface area contributed by atoms with E-state index in [1.165, 1.54) is 69.6 Å². The predicted octanol–water partition coefficient (Wildman–Crippen LogP) is 7.30. The fourth-order valence-electron chi connectivity index (χ4n) is 13.9. The molecule has 5 fully saturated rings. The fourth-order valence-corrected chi connectivity index (χ4v) is 15.0. The zero-order chi connectivity index (χ0) is 35.0. The number of carbonyl (C=O) groups excluding carboxylic acids is 1. The Morgan fingerprint density at radius 1 is 0.980 bits per heavy atom. The van der Waals surface area contributed by atoms with E-state index in [9.17, 15) is 9.35 Å². The van der Waals surface area contributed by atoms with E-state index >= 15 is 0 Å². The van der Waals surface area contributed by atoms with Gasteiger partial charge in [0.15, 0.2) is 0 Å². The van der Waals surface area contributed by atoms with Crippen LogP contribution in [0.3, 0.4) is 0 Å². The lowest BCUT2D eigenvalue weighted by Crippen LogP contribution is -2.68. The summed E-state index contributed by atoms with van der Waals surface area (Å²) in [7, 11) is 1.45. The molecule has 4 saturated carbocycles. The molecule has 1 saturated heterocycles. The van der Waals surface area contributed by atoms with Crippen molar-refractivity contribution < 1.29 is 14.1 Å². The second-order valence-electron chi connectivity index (χ2n) is 18.6. The van der Waals surface area contributed by atoms with Crippen molar-refractivity contribution >= 4 is 22.7 Å². The topological polar surface area (TPSA) is 90.6 Å². The fraction of sp³-hybridized carbons (Fsp3) is 0.786. The standard InChI is InChI=1S/C42H65N3O3S/c1-28(43)31-14-19-42(44-22-23-45-24-26-49(47)27-25-45)21-20-40(5)33(36(31)42)12-13-35-39(4)17-15-32(29-8-10-30(11-9-29)37(46)48-7)38(2,3)34(39)16-18-41(35,40)6/h8-11,15,28,31,33-36,44H,12-14,16-27,43H2,1-7H3/t28?,31-,33+,34-,35+,36+,39-,40+,41+,42-/m0/s1. The van der Waals surface area contributed by atoms with Crippen LogP contribution in [-0.2, 0) is 15.9 Å². The number of ether oxygens (including phenoxy) is 1. The summed E-state index contributed by atoms with van der Waals surface area (Å²) >= 11 is -0.620. The molecule has 0 bridgehead atoms. The van der Waals surface area contributed by atoms with Gasteiger partial charge in [-0.2, -0.15) is 0 Å². The number of esters is 1. The molecule has 49 heavy (non-hydrogen) atoms. The summed E-state index contributed by atoms with van der Waals surface area (Å²) in [6, 6.07) is 8.36. The van der Waals surface area contributed by atoms with Crippen LogP contribution >= 0.6 is 0 Å². The first-order valence-electron chi connectivity index (χ1n) is 19.7. The minimum Gasteiger partial charge on any atom is -0.616 e. The molecule has 6 aliphatic rings. The van der Waals surface area contributed by atoms with E-state index in [1.54, 1.807) is 0 Å². The van der Waals surface area contributed by atoms with E-state index in [4.69, 9.17) is 10.5 Å². The Kier molecular flexibility index (Phi) is 9.50. The Hall–Kier alpha value is -1.38. The average molecular weight is 692 g/mol. The Balaban J connectivity index is 1.14. The Labute approximate surface area is 300 Å². The molecule has 1 aromatic carbocycles. The highest BCUT2D eigenvalue weighted by molar-refractivity contribution is 7.91. The molecular formula is C42H65N3O3S. The van der Waals surface area contributed by atoms with E-state index in [1.807, 2.05) is 12.1 Å². The Bertz CT molecular complexity index is 1420. The summed E-state index contributed by atoms with van der Waals surface area (Å²) in [5.41, 5.74) is 11.4. The summed E-state index contributed by atoms with van der Waals surface area (Å²) in [6.07, 6.45) is 14.1. The molecule has 7 rings (SSSR count). The normalized spacial score (nSPS) is 42.6. The number of carbonyl (C=O) groups is 1. The van der Waals surface area contributed by atoms with E-state index in [0.717, 1.165) is 44.1 Å². The van der Waals surface area contributed by atoms with Gasteiger partial charge in [-0.3, -0.25) is 4.90 Å². The zero-order valence-corrected chi connectivity index (χ0v) is 32.4. The summed E-state index contributed by atoms with van der Waals surface area (Å²) in [6.45, 7) is 19.5. The monoisotopic (exact) mass is 691 g/mol. The minimum atomic E-state index is -0.620. The van der Waals surface area contributed by atoms with Crippen molar-refractivity contribution in [3.63, 3.8) is 0 Å². The molecule has 7 heteroatoms. The van der Waals surface area contributed by atoms with Crippen LogP contribution in [0.2, 0.25) is 0 Å². The van der Waals surface area contributed by atoms with Crippen LogP contribution in [-0.4, -0.2) is 71.8 Å². The van der Waals surface area contributed by atoms with E-state index < -0.39 is 11.2 Å². The van der Waals surface area contributed by atoms with Gasteiger partial charge < -0.3 is 20.3 Å². The van der Waals surface area contributed by atoms with Crippen molar-refractivity contribution in [3.8, 4) is 0 Å². The number of benzene rings is 1. The van der Waals surface area contributed by atoms with Crippen LogP contribution in [0.4, 0.5) is 0 Å². The predicted molar refractivity (Wildman–Crippen MR) is 202 cm³/mol. The molecule has 0 aromatic heterocycles. The third-order valence-corrected chi connectivity index (χ3v) is 17.8. The molecular weight excluding hydrogens is 627 g/mol. The summed E-state index contributed by atoms with van der Waals surface area (Å²) in [5.74, 6) is 4.67. The third-order valence-electron chi connectivity index (χ3n) is 16.5. The van der Waals surface area contributed by atoms with Gasteiger partial charge in [0, 0.05) is 37.8 Å². The zero-order valence-electron chi connectivity index (χ0n) is 31.6. The molecule has 1 aliphatic heterocycles. The van der Waals surface area contributed by atoms with E-state index in [-0.39, 0.29) is 28.4 Å². The average Bonchev–Trinajstić information content (AvgIpc) is 3.45. The van der Waals surface area contributed by atoms with Crippen molar-refractivity contribution in [2.75, 3.05) is 44.8 Å². The van der Waals surface area contributed by atoms with E-state index in [2.05, 4.69) is 70.0 Å².